The number of rotatable bonds is 4. The maximum atomic E-state index is 12.7. The van der Waals surface area contributed by atoms with Crippen LogP contribution in [0, 0.1) is 19.8 Å². The summed E-state index contributed by atoms with van der Waals surface area (Å²) in [5.41, 5.74) is 4.36. The van der Waals surface area contributed by atoms with Gasteiger partial charge in [-0.25, -0.2) is 0 Å². The number of ketones is 1. The molecule has 1 aliphatic carbocycles. The van der Waals surface area contributed by atoms with Gasteiger partial charge in [0.05, 0.1) is 5.52 Å². The van der Waals surface area contributed by atoms with Crippen molar-refractivity contribution in [3.8, 4) is 0 Å². The van der Waals surface area contributed by atoms with Crippen LogP contribution in [0.2, 0.25) is 0 Å². The first kappa shape index (κ1) is 18.8. The third-order valence-corrected chi connectivity index (χ3v) is 5.24. The summed E-state index contributed by atoms with van der Waals surface area (Å²) >= 11 is 0. The summed E-state index contributed by atoms with van der Waals surface area (Å²) in [4.78, 5) is 12.7. The number of aromatic nitrogens is 1. The number of hydrogen-bond donors (Lipinski definition) is 0. The van der Waals surface area contributed by atoms with Crippen molar-refractivity contribution < 1.29 is 4.79 Å². The third kappa shape index (κ3) is 4.28. The lowest BCUT2D eigenvalue weighted by atomic mass is 9.92. The number of pyridine rings is 1. The van der Waals surface area contributed by atoms with Crippen LogP contribution in [0.1, 0.15) is 86.8 Å². The van der Waals surface area contributed by atoms with Gasteiger partial charge in [-0.05, 0) is 43.9 Å². The van der Waals surface area contributed by atoms with Crippen LogP contribution < -0.4 is 0 Å². The van der Waals surface area contributed by atoms with E-state index in [1.54, 1.807) is 0 Å². The molecule has 1 saturated carbocycles. The van der Waals surface area contributed by atoms with Gasteiger partial charge >= 0.3 is 0 Å². The molecule has 2 aromatic heterocycles. The van der Waals surface area contributed by atoms with Crippen molar-refractivity contribution in [1.82, 2.24) is 4.40 Å². The SMILES string of the molecule is CC.Cc1cccn2c(C)cc(C(=O)CCC3CCCCCC3)c12. The van der Waals surface area contributed by atoms with Crippen LogP contribution in [0.25, 0.3) is 5.52 Å². The number of Topliss-reactive ketones (excluding diaryl/α,β-unsaturated/α-hetero) is 1. The van der Waals surface area contributed by atoms with Gasteiger partial charge in [0.15, 0.2) is 5.78 Å². The standard InChI is InChI=1S/C20H27NO.C2H6/c1-15-8-7-13-21-16(2)14-18(20(15)21)19(22)12-11-17-9-5-3-4-6-10-17;1-2/h7-8,13-14,17H,3-6,9-12H2,1-2H3;1-2H3. The number of carbonyl (C=O) groups excluding carboxylic acids is 1. The quantitative estimate of drug-likeness (QED) is 0.463. The first-order valence-electron chi connectivity index (χ1n) is 9.77. The van der Waals surface area contributed by atoms with Crippen molar-refractivity contribution in [2.75, 3.05) is 0 Å². The second kappa shape index (κ2) is 9.05. The second-order valence-corrected chi connectivity index (χ2v) is 6.93. The van der Waals surface area contributed by atoms with E-state index in [-0.39, 0.29) is 0 Å². The van der Waals surface area contributed by atoms with Gasteiger partial charge < -0.3 is 4.40 Å². The molecule has 0 amide bonds. The number of fused-ring (bicyclic) bond motifs is 1. The molecule has 1 aliphatic rings. The Morgan fingerprint density at radius 2 is 1.79 bits per heavy atom. The number of nitrogens with zero attached hydrogens (tertiary/aromatic N) is 1. The minimum Gasteiger partial charge on any atom is -0.320 e. The van der Waals surface area contributed by atoms with Crippen molar-refractivity contribution in [3.63, 3.8) is 0 Å². The Morgan fingerprint density at radius 3 is 2.46 bits per heavy atom. The second-order valence-electron chi connectivity index (χ2n) is 6.93. The Morgan fingerprint density at radius 1 is 1.12 bits per heavy atom. The van der Waals surface area contributed by atoms with E-state index < -0.39 is 0 Å². The Bertz CT molecular complexity index is 660. The molecular weight excluding hydrogens is 294 g/mol. The van der Waals surface area contributed by atoms with Crippen LogP contribution in [0.5, 0.6) is 0 Å². The summed E-state index contributed by atoms with van der Waals surface area (Å²) in [6.07, 6.45) is 11.9. The molecule has 0 radical (unpaired) electrons. The Labute approximate surface area is 147 Å². The summed E-state index contributed by atoms with van der Waals surface area (Å²) in [5, 5.41) is 0. The molecule has 0 spiro atoms. The monoisotopic (exact) mass is 327 g/mol. The van der Waals surface area contributed by atoms with E-state index in [2.05, 4.69) is 42.6 Å². The average Bonchev–Trinajstić information content (AvgIpc) is 2.78. The molecule has 0 N–H and O–H groups in total. The van der Waals surface area contributed by atoms with E-state index in [1.807, 2.05) is 13.8 Å². The highest BCUT2D eigenvalue weighted by Gasteiger charge is 2.18. The molecule has 132 valence electrons. The topological polar surface area (TPSA) is 21.5 Å². The van der Waals surface area contributed by atoms with E-state index >= 15 is 0 Å². The maximum absolute atomic E-state index is 12.7. The predicted molar refractivity (Wildman–Crippen MR) is 103 cm³/mol. The van der Waals surface area contributed by atoms with E-state index in [0.717, 1.165) is 29.1 Å². The van der Waals surface area contributed by atoms with Crippen molar-refractivity contribution in [2.24, 2.45) is 5.92 Å². The van der Waals surface area contributed by atoms with E-state index in [4.69, 9.17) is 0 Å². The van der Waals surface area contributed by atoms with Crippen LogP contribution in [0.15, 0.2) is 24.4 Å². The Kier molecular flexibility index (Phi) is 7.08. The smallest absolute Gasteiger partial charge is 0.165 e. The highest BCUT2D eigenvalue weighted by Crippen LogP contribution is 2.28. The van der Waals surface area contributed by atoms with Crippen molar-refractivity contribution in [3.05, 3.63) is 41.2 Å². The fraction of sp³-hybridized carbons (Fsp3) is 0.591. The highest BCUT2D eigenvalue weighted by atomic mass is 16.1. The van der Waals surface area contributed by atoms with E-state index in [1.165, 1.54) is 44.1 Å². The number of aryl methyl sites for hydroxylation is 2. The molecular formula is C22H33NO. The Hall–Kier alpha value is -1.57. The molecule has 0 atom stereocenters. The minimum atomic E-state index is 0.323. The highest BCUT2D eigenvalue weighted by molar-refractivity contribution is 6.03. The molecule has 0 aliphatic heterocycles. The summed E-state index contributed by atoms with van der Waals surface area (Å²) in [7, 11) is 0. The summed E-state index contributed by atoms with van der Waals surface area (Å²) < 4.78 is 2.15. The van der Waals surface area contributed by atoms with Gasteiger partial charge in [0.2, 0.25) is 0 Å². The molecule has 2 heterocycles. The van der Waals surface area contributed by atoms with E-state index in [0.29, 0.717) is 12.2 Å². The summed E-state index contributed by atoms with van der Waals surface area (Å²) in [6.45, 7) is 8.17. The zero-order valence-corrected chi connectivity index (χ0v) is 15.9. The lowest BCUT2D eigenvalue weighted by Gasteiger charge is -2.13. The lowest BCUT2D eigenvalue weighted by Crippen LogP contribution is -2.05. The van der Waals surface area contributed by atoms with Crippen LogP contribution in [-0.4, -0.2) is 10.2 Å². The first-order chi connectivity index (χ1) is 11.7. The zero-order valence-electron chi connectivity index (χ0n) is 15.9. The van der Waals surface area contributed by atoms with Gasteiger partial charge in [-0.15, -0.1) is 0 Å². The fourth-order valence-electron chi connectivity index (χ4n) is 3.93. The number of hydrogen-bond acceptors (Lipinski definition) is 1. The van der Waals surface area contributed by atoms with Gasteiger partial charge in [0.1, 0.15) is 0 Å². The fourth-order valence-corrected chi connectivity index (χ4v) is 3.93. The van der Waals surface area contributed by atoms with E-state index in [9.17, 15) is 4.79 Å². The lowest BCUT2D eigenvalue weighted by molar-refractivity contribution is 0.0974. The van der Waals surface area contributed by atoms with Gasteiger partial charge in [-0.1, -0.05) is 58.4 Å². The predicted octanol–water partition coefficient (Wildman–Crippen LogP) is 6.52. The van der Waals surface area contributed by atoms with Gasteiger partial charge in [-0.2, -0.15) is 0 Å². The molecule has 0 saturated heterocycles. The molecule has 0 bridgehead atoms. The average molecular weight is 328 g/mol. The van der Waals surface area contributed by atoms with Crippen molar-refractivity contribution in [1.29, 1.82) is 0 Å². The van der Waals surface area contributed by atoms with Gasteiger partial charge in [-0.3, -0.25) is 4.79 Å². The van der Waals surface area contributed by atoms with Gasteiger partial charge in [0.25, 0.3) is 0 Å². The summed E-state index contributed by atoms with van der Waals surface area (Å²) in [6, 6.07) is 6.21. The molecule has 2 heteroatoms. The molecule has 1 fully saturated rings. The maximum Gasteiger partial charge on any atom is 0.165 e. The molecule has 0 unspecified atom stereocenters. The summed E-state index contributed by atoms with van der Waals surface area (Å²) in [5.74, 6) is 1.09. The van der Waals surface area contributed by atoms with Crippen molar-refractivity contribution >= 4 is 11.3 Å². The van der Waals surface area contributed by atoms with Crippen LogP contribution in [0.3, 0.4) is 0 Å². The van der Waals surface area contributed by atoms with Crippen LogP contribution in [0.4, 0.5) is 0 Å². The molecule has 3 rings (SSSR count). The Balaban J connectivity index is 0.00000100. The molecule has 2 nitrogen and oxygen atoms in total. The zero-order chi connectivity index (χ0) is 17.5. The molecule has 0 aromatic carbocycles. The van der Waals surface area contributed by atoms with Gasteiger partial charge in [0, 0.05) is 23.9 Å². The minimum absolute atomic E-state index is 0.323. The molecule has 24 heavy (non-hydrogen) atoms. The van der Waals surface area contributed by atoms with Crippen LogP contribution >= 0.6 is 0 Å². The molecule has 2 aromatic rings. The largest absolute Gasteiger partial charge is 0.320 e. The third-order valence-electron chi connectivity index (χ3n) is 5.24. The normalized spacial score (nSPS) is 15.7. The van der Waals surface area contributed by atoms with Crippen molar-refractivity contribution in [2.45, 2.75) is 79.1 Å². The van der Waals surface area contributed by atoms with Crippen LogP contribution in [-0.2, 0) is 0 Å². The number of carbonyl (C=O) groups is 1. The first-order valence-corrected chi connectivity index (χ1v) is 9.77.